The molecule has 21 heavy (non-hydrogen) atoms. The number of nitrogens with zero attached hydrogens (tertiary/aromatic N) is 2. The van der Waals surface area contributed by atoms with Gasteiger partial charge in [0.15, 0.2) is 0 Å². The van der Waals surface area contributed by atoms with Crippen LogP contribution >= 0.6 is 0 Å². The van der Waals surface area contributed by atoms with E-state index in [-0.39, 0.29) is 12.2 Å². The quantitative estimate of drug-likeness (QED) is 0.652. The first-order valence-electron chi connectivity index (χ1n) is 6.57. The van der Waals surface area contributed by atoms with Crippen molar-refractivity contribution in [1.29, 1.82) is 0 Å². The molecule has 0 aliphatic heterocycles. The number of nitro groups is 1. The average molecular weight is 287 g/mol. The monoisotopic (exact) mass is 287 g/mol. The van der Waals surface area contributed by atoms with Crippen LogP contribution in [0.5, 0.6) is 0 Å². The number of aliphatic hydroxyl groups is 1. The van der Waals surface area contributed by atoms with Gasteiger partial charge in [-0.05, 0) is 25.5 Å². The SMILES string of the molecule is Cc1cccc(C(O)CNc2cc(C)c([N+](=O)[O-])cn2)c1. The van der Waals surface area contributed by atoms with Gasteiger partial charge in [-0.2, -0.15) is 0 Å². The number of aryl methyl sites for hydroxylation is 2. The molecule has 1 aromatic carbocycles. The van der Waals surface area contributed by atoms with Crippen LogP contribution in [0.25, 0.3) is 0 Å². The fourth-order valence-corrected chi connectivity index (χ4v) is 2.03. The summed E-state index contributed by atoms with van der Waals surface area (Å²) in [6.45, 7) is 3.90. The lowest BCUT2D eigenvalue weighted by atomic mass is 10.1. The summed E-state index contributed by atoms with van der Waals surface area (Å²) in [5.74, 6) is 0.504. The molecule has 0 amide bonds. The molecule has 2 aromatic rings. The molecule has 0 aliphatic rings. The molecule has 2 rings (SSSR count). The number of aromatic nitrogens is 1. The van der Waals surface area contributed by atoms with Crippen LogP contribution in [0.1, 0.15) is 22.8 Å². The summed E-state index contributed by atoms with van der Waals surface area (Å²) < 4.78 is 0. The standard InChI is InChI=1S/C15H17N3O3/c1-10-4-3-5-12(6-10)14(19)9-17-15-7-11(2)13(8-16-15)18(20)21/h3-8,14,19H,9H2,1-2H3,(H,16,17). The number of hydrogen-bond donors (Lipinski definition) is 2. The van der Waals surface area contributed by atoms with E-state index in [9.17, 15) is 15.2 Å². The first-order valence-corrected chi connectivity index (χ1v) is 6.57. The maximum Gasteiger partial charge on any atom is 0.290 e. The van der Waals surface area contributed by atoms with Gasteiger partial charge in [-0.25, -0.2) is 4.98 Å². The second-order valence-electron chi connectivity index (χ2n) is 4.92. The van der Waals surface area contributed by atoms with Crippen LogP contribution in [0.4, 0.5) is 11.5 Å². The lowest BCUT2D eigenvalue weighted by molar-refractivity contribution is -0.385. The van der Waals surface area contributed by atoms with Crippen LogP contribution in [0.2, 0.25) is 0 Å². The molecule has 0 aliphatic carbocycles. The van der Waals surface area contributed by atoms with E-state index in [4.69, 9.17) is 0 Å². The molecular weight excluding hydrogens is 270 g/mol. The van der Waals surface area contributed by atoms with Crippen LogP contribution in [0.3, 0.4) is 0 Å². The Balaban J connectivity index is 2.03. The third-order valence-corrected chi connectivity index (χ3v) is 3.18. The number of benzene rings is 1. The van der Waals surface area contributed by atoms with Gasteiger partial charge in [-0.3, -0.25) is 10.1 Å². The molecule has 0 saturated heterocycles. The molecule has 1 aromatic heterocycles. The van der Waals surface area contributed by atoms with Crippen LogP contribution in [-0.2, 0) is 0 Å². The minimum atomic E-state index is -0.665. The molecule has 1 heterocycles. The van der Waals surface area contributed by atoms with Gasteiger partial charge in [-0.15, -0.1) is 0 Å². The maximum absolute atomic E-state index is 10.7. The fourth-order valence-electron chi connectivity index (χ4n) is 2.03. The highest BCUT2D eigenvalue weighted by Gasteiger charge is 2.12. The first-order chi connectivity index (χ1) is 9.97. The number of pyridine rings is 1. The van der Waals surface area contributed by atoms with E-state index >= 15 is 0 Å². The van der Waals surface area contributed by atoms with Gasteiger partial charge in [0.05, 0.1) is 11.0 Å². The zero-order valence-electron chi connectivity index (χ0n) is 11.9. The van der Waals surface area contributed by atoms with E-state index in [0.717, 1.165) is 11.1 Å². The molecule has 6 nitrogen and oxygen atoms in total. The second-order valence-corrected chi connectivity index (χ2v) is 4.92. The van der Waals surface area contributed by atoms with E-state index < -0.39 is 11.0 Å². The Labute approximate surface area is 122 Å². The second kappa shape index (κ2) is 6.32. The number of hydrogen-bond acceptors (Lipinski definition) is 5. The average Bonchev–Trinajstić information content (AvgIpc) is 2.44. The maximum atomic E-state index is 10.7. The van der Waals surface area contributed by atoms with Crippen LogP contribution < -0.4 is 5.32 Å². The Morgan fingerprint density at radius 1 is 1.38 bits per heavy atom. The van der Waals surface area contributed by atoms with Crippen LogP contribution in [0.15, 0.2) is 36.5 Å². The molecule has 0 radical (unpaired) electrons. The van der Waals surface area contributed by atoms with Crippen molar-refractivity contribution in [2.75, 3.05) is 11.9 Å². The minimum absolute atomic E-state index is 0.0141. The number of nitrogens with one attached hydrogen (secondary N) is 1. The molecule has 0 bridgehead atoms. The highest BCUT2D eigenvalue weighted by Crippen LogP contribution is 2.20. The topological polar surface area (TPSA) is 88.3 Å². The zero-order valence-corrected chi connectivity index (χ0v) is 11.9. The molecule has 110 valence electrons. The summed E-state index contributed by atoms with van der Waals surface area (Å²) in [5.41, 5.74) is 2.42. The number of anilines is 1. The molecule has 1 atom stereocenters. The third-order valence-electron chi connectivity index (χ3n) is 3.18. The van der Waals surface area contributed by atoms with E-state index in [1.165, 1.54) is 6.20 Å². The minimum Gasteiger partial charge on any atom is -0.387 e. The van der Waals surface area contributed by atoms with Gasteiger partial charge < -0.3 is 10.4 Å². The summed E-state index contributed by atoms with van der Waals surface area (Å²) in [4.78, 5) is 14.2. The largest absolute Gasteiger partial charge is 0.387 e. The van der Waals surface area contributed by atoms with Crippen molar-refractivity contribution < 1.29 is 10.0 Å². The Hall–Kier alpha value is -2.47. The lowest BCUT2D eigenvalue weighted by Gasteiger charge is -2.13. The molecule has 0 saturated carbocycles. The molecule has 1 unspecified atom stereocenters. The van der Waals surface area contributed by atoms with E-state index in [2.05, 4.69) is 10.3 Å². The Bertz CT molecular complexity index is 658. The first kappa shape index (κ1) is 14.9. The van der Waals surface area contributed by atoms with Gasteiger partial charge in [0.1, 0.15) is 12.0 Å². The van der Waals surface area contributed by atoms with E-state index in [0.29, 0.717) is 11.4 Å². The summed E-state index contributed by atoms with van der Waals surface area (Å²) in [6, 6.07) is 9.23. The van der Waals surface area contributed by atoms with Crippen molar-refractivity contribution in [2.45, 2.75) is 20.0 Å². The highest BCUT2D eigenvalue weighted by molar-refractivity contribution is 5.47. The summed E-state index contributed by atoms with van der Waals surface area (Å²) in [6.07, 6.45) is 0.554. The molecular formula is C15H17N3O3. The molecule has 0 fully saturated rings. The van der Waals surface area contributed by atoms with Crippen LogP contribution in [-0.4, -0.2) is 21.6 Å². The molecule has 6 heteroatoms. The summed E-state index contributed by atoms with van der Waals surface area (Å²) >= 11 is 0. The third kappa shape index (κ3) is 3.76. The molecule has 2 N–H and O–H groups in total. The Morgan fingerprint density at radius 3 is 2.76 bits per heavy atom. The van der Waals surface area contributed by atoms with Crippen molar-refractivity contribution in [2.24, 2.45) is 0 Å². The van der Waals surface area contributed by atoms with E-state index in [1.807, 2.05) is 31.2 Å². The Kier molecular flexibility index (Phi) is 4.49. The van der Waals surface area contributed by atoms with Crippen molar-refractivity contribution in [1.82, 2.24) is 4.98 Å². The van der Waals surface area contributed by atoms with Gasteiger partial charge in [-0.1, -0.05) is 29.8 Å². The normalized spacial score (nSPS) is 12.0. The lowest BCUT2D eigenvalue weighted by Crippen LogP contribution is -2.13. The van der Waals surface area contributed by atoms with Crippen molar-refractivity contribution in [3.63, 3.8) is 0 Å². The summed E-state index contributed by atoms with van der Waals surface area (Å²) in [7, 11) is 0. The summed E-state index contributed by atoms with van der Waals surface area (Å²) in [5, 5.41) is 23.8. The van der Waals surface area contributed by atoms with Gasteiger partial charge >= 0.3 is 0 Å². The predicted octanol–water partition coefficient (Wildman–Crippen LogP) is 2.75. The Morgan fingerprint density at radius 2 is 2.14 bits per heavy atom. The zero-order chi connectivity index (χ0) is 15.4. The van der Waals surface area contributed by atoms with Gasteiger partial charge in [0.25, 0.3) is 5.69 Å². The molecule has 0 spiro atoms. The van der Waals surface area contributed by atoms with Crippen molar-refractivity contribution in [3.8, 4) is 0 Å². The highest BCUT2D eigenvalue weighted by atomic mass is 16.6. The fraction of sp³-hybridized carbons (Fsp3) is 0.267. The smallest absolute Gasteiger partial charge is 0.290 e. The number of rotatable bonds is 5. The van der Waals surface area contributed by atoms with Crippen molar-refractivity contribution >= 4 is 11.5 Å². The van der Waals surface area contributed by atoms with Crippen molar-refractivity contribution in [3.05, 3.63) is 63.3 Å². The predicted molar refractivity (Wildman–Crippen MR) is 80.3 cm³/mol. The van der Waals surface area contributed by atoms with Gasteiger partial charge in [0.2, 0.25) is 0 Å². The van der Waals surface area contributed by atoms with E-state index in [1.54, 1.807) is 13.0 Å². The van der Waals surface area contributed by atoms with Gasteiger partial charge in [0, 0.05) is 12.1 Å². The van der Waals surface area contributed by atoms with Crippen LogP contribution in [0, 0.1) is 24.0 Å². The number of aliphatic hydroxyl groups excluding tert-OH is 1.